The van der Waals surface area contributed by atoms with Crippen LogP contribution in [0.4, 0.5) is 4.79 Å². The van der Waals surface area contributed by atoms with Gasteiger partial charge in [-0.05, 0) is 37.1 Å². The highest BCUT2D eigenvalue weighted by atomic mass is 32.1. The van der Waals surface area contributed by atoms with Crippen LogP contribution in [0.3, 0.4) is 0 Å². The van der Waals surface area contributed by atoms with E-state index in [4.69, 9.17) is 0 Å². The van der Waals surface area contributed by atoms with Gasteiger partial charge in [0.15, 0.2) is 0 Å². The van der Waals surface area contributed by atoms with E-state index in [0.717, 1.165) is 51.6 Å². The molecule has 8 heteroatoms. The number of amides is 4. The van der Waals surface area contributed by atoms with Crippen molar-refractivity contribution in [3.05, 3.63) is 22.4 Å². The van der Waals surface area contributed by atoms with Gasteiger partial charge >= 0.3 is 6.03 Å². The minimum atomic E-state index is -0.384. The van der Waals surface area contributed by atoms with Crippen LogP contribution in [0.15, 0.2) is 16.8 Å². The Bertz CT molecular complexity index is 635. The minimum absolute atomic E-state index is 0.0353. The van der Waals surface area contributed by atoms with E-state index in [1.54, 1.807) is 0 Å². The molecule has 0 bridgehead atoms. The highest BCUT2D eigenvalue weighted by Gasteiger charge is 2.23. The Hall–Kier alpha value is -1.93. The van der Waals surface area contributed by atoms with Crippen molar-refractivity contribution in [2.45, 2.75) is 57.0 Å². The Morgan fingerprint density at radius 1 is 1.00 bits per heavy atom. The van der Waals surface area contributed by atoms with Gasteiger partial charge in [-0.15, -0.1) is 0 Å². The van der Waals surface area contributed by atoms with Gasteiger partial charge < -0.3 is 10.6 Å². The molecular formula is C19H28N4O3S. The molecule has 0 atom stereocenters. The molecule has 1 aromatic heterocycles. The second-order valence-electron chi connectivity index (χ2n) is 7.39. The first-order chi connectivity index (χ1) is 13.1. The first kappa shape index (κ1) is 19.8. The molecule has 0 unspecified atom stereocenters. The molecule has 148 valence electrons. The molecule has 7 nitrogen and oxygen atoms in total. The van der Waals surface area contributed by atoms with Gasteiger partial charge in [0, 0.05) is 36.1 Å². The zero-order chi connectivity index (χ0) is 19.1. The van der Waals surface area contributed by atoms with Crippen LogP contribution in [0.1, 0.15) is 55.3 Å². The lowest BCUT2D eigenvalue weighted by Crippen LogP contribution is -2.50. The number of carbonyl (C=O) groups excluding carboxylic acids is 3. The molecule has 3 N–H and O–H groups in total. The monoisotopic (exact) mass is 392 g/mol. The maximum atomic E-state index is 12.1. The minimum Gasteiger partial charge on any atom is -0.349 e. The van der Waals surface area contributed by atoms with Crippen LogP contribution >= 0.6 is 11.3 Å². The molecule has 2 heterocycles. The normalized spacial score (nSPS) is 19.4. The van der Waals surface area contributed by atoms with Crippen molar-refractivity contribution in [1.82, 2.24) is 20.9 Å². The summed E-state index contributed by atoms with van der Waals surface area (Å²) in [7, 11) is 0. The topological polar surface area (TPSA) is 90.5 Å². The van der Waals surface area contributed by atoms with Gasteiger partial charge in [0.25, 0.3) is 5.91 Å². The first-order valence-electron chi connectivity index (χ1n) is 9.76. The van der Waals surface area contributed by atoms with Crippen molar-refractivity contribution < 1.29 is 14.4 Å². The molecule has 3 rings (SSSR count). The van der Waals surface area contributed by atoms with E-state index in [2.05, 4.69) is 16.0 Å². The van der Waals surface area contributed by atoms with Gasteiger partial charge in [0.05, 0.1) is 6.54 Å². The van der Waals surface area contributed by atoms with Gasteiger partial charge in [0.2, 0.25) is 5.91 Å². The summed E-state index contributed by atoms with van der Waals surface area (Å²) >= 11 is 1.51. The van der Waals surface area contributed by atoms with Crippen LogP contribution in [0, 0.1) is 0 Å². The highest BCUT2D eigenvalue weighted by Crippen LogP contribution is 2.17. The molecule has 1 saturated heterocycles. The van der Waals surface area contributed by atoms with E-state index in [-0.39, 0.29) is 36.5 Å². The van der Waals surface area contributed by atoms with Crippen molar-refractivity contribution in [1.29, 1.82) is 0 Å². The molecule has 27 heavy (non-hydrogen) atoms. The smallest absolute Gasteiger partial charge is 0.321 e. The first-order valence-corrected chi connectivity index (χ1v) is 10.7. The zero-order valence-corrected chi connectivity index (χ0v) is 16.4. The maximum absolute atomic E-state index is 12.1. The maximum Gasteiger partial charge on any atom is 0.321 e. The lowest BCUT2D eigenvalue weighted by molar-refractivity contribution is -0.121. The summed E-state index contributed by atoms with van der Waals surface area (Å²) in [5, 5.41) is 12.1. The molecular weight excluding hydrogens is 364 g/mol. The molecule has 0 aromatic carbocycles. The number of nitrogens with zero attached hydrogens (tertiary/aromatic N) is 1. The second-order valence-corrected chi connectivity index (χ2v) is 8.17. The van der Waals surface area contributed by atoms with E-state index in [9.17, 15) is 14.4 Å². The van der Waals surface area contributed by atoms with E-state index in [0.29, 0.717) is 5.56 Å². The fourth-order valence-electron chi connectivity index (χ4n) is 3.74. The molecule has 2 fully saturated rings. The SMILES string of the molecule is O=C(CN1CCC(NC(=O)c2ccsc2)CC1)NC(=O)NC1CCCCC1. The quantitative estimate of drug-likeness (QED) is 0.716. The van der Waals surface area contributed by atoms with Crippen molar-refractivity contribution >= 4 is 29.2 Å². The van der Waals surface area contributed by atoms with E-state index < -0.39 is 0 Å². The number of piperidine rings is 1. The fraction of sp³-hybridized carbons (Fsp3) is 0.632. The van der Waals surface area contributed by atoms with Crippen molar-refractivity contribution in [2.75, 3.05) is 19.6 Å². The average molecular weight is 393 g/mol. The zero-order valence-electron chi connectivity index (χ0n) is 15.5. The van der Waals surface area contributed by atoms with Crippen LogP contribution in [0.5, 0.6) is 0 Å². The Balaban J connectivity index is 1.33. The van der Waals surface area contributed by atoms with E-state index >= 15 is 0 Å². The van der Waals surface area contributed by atoms with Gasteiger partial charge in [-0.3, -0.25) is 19.8 Å². The Labute approximate surface area is 163 Å². The van der Waals surface area contributed by atoms with Gasteiger partial charge in [-0.2, -0.15) is 11.3 Å². The summed E-state index contributed by atoms with van der Waals surface area (Å²) in [5.41, 5.74) is 0.700. The number of likely N-dealkylation sites (tertiary alicyclic amines) is 1. The van der Waals surface area contributed by atoms with Crippen LogP contribution in [0.25, 0.3) is 0 Å². The molecule has 1 aliphatic carbocycles. The predicted molar refractivity (Wildman–Crippen MR) is 105 cm³/mol. The number of imide groups is 1. The Morgan fingerprint density at radius 2 is 1.70 bits per heavy atom. The number of nitrogens with one attached hydrogen (secondary N) is 3. The van der Waals surface area contributed by atoms with Gasteiger partial charge in [-0.1, -0.05) is 19.3 Å². The van der Waals surface area contributed by atoms with Gasteiger partial charge in [-0.25, -0.2) is 4.79 Å². The number of carbonyl (C=O) groups is 3. The number of urea groups is 1. The van der Waals surface area contributed by atoms with Crippen molar-refractivity contribution in [3.63, 3.8) is 0 Å². The third-order valence-electron chi connectivity index (χ3n) is 5.27. The lowest BCUT2D eigenvalue weighted by atomic mass is 9.96. The third kappa shape index (κ3) is 6.32. The fourth-order valence-corrected chi connectivity index (χ4v) is 4.37. The summed E-state index contributed by atoms with van der Waals surface area (Å²) in [6.07, 6.45) is 7.09. The van der Waals surface area contributed by atoms with Crippen molar-refractivity contribution in [2.24, 2.45) is 0 Å². The summed E-state index contributed by atoms with van der Waals surface area (Å²) in [6.45, 7) is 1.67. The number of hydrogen-bond acceptors (Lipinski definition) is 5. The van der Waals surface area contributed by atoms with Gasteiger partial charge in [0.1, 0.15) is 0 Å². The molecule has 1 aromatic rings. The summed E-state index contributed by atoms with van der Waals surface area (Å²) < 4.78 is 0. The molecule has 1 saturated carbocycles. The second kappa shape index (κ2) is 9.85. The van der Waals surface area contributed by atoms with Crippen LogP contribution in [-0.4, -0.2) is 54.5 Å². The van der Waals surface area contributed by atoms with Crippen LogP contribution < -0.4 is 16.0 Å². The number of hydrogen-bond donors (Lipinski definition) is 3. The Kier molecular flexibility index (Phi) is 7.23. The standard InChI is InChI=1S/C19H28N4O3S/c24-17(22-19(26)21-15-4-2-1-3-5-15)12-23-9-6-16(7-10-23)20-18(25)14-8-11-27-13-14/h8,11,13,15-16H,1-7,9-10,12H2,(H,20,25)(H2,21,22,24,26). The van der Waals surface area contributed by atoms with E-state index in [1.807, 2.05) is 21.7 Å². The summed E-state index contributed by atoms with van der Waals surface area (Å²) in [4.78, 5) is 38.2. The molecule has 1 aliphatic heterocycles. The van der Waals surface area contributed by atoms with Crippen LogP contribution in [0.2, 0.25) is 0 Å². The predicted octanol–water partition coefficient (Wildman–Crippen LogP) is 2.10. The summed E-state index contributed by atoms with van der Waals surface area (Å²) in [6, 6.07) is 1.75. The summed E-state index contributed by atoms with van der Waals surface area (Å²) in [5.74, 6) is -0.309. The molecule has 0 radical (unpaired) electrons. The third-order valence-corrected chi connectivity index (χ3v) is 5.95. The number of rotatable bonds is 5. The van der Waals surface area contributed by atoms with Crippen molar-refractivity contribution in [3.8, 4) is 0 Å². The lowest BCUT2D eigenvalue weighted by Gasteiger charge is -2.31. The highest BCUT2D eigenvalue weighted by molar-refractivity contribution is 7.08. The Morgan fingerprint density at radius 3 is 2.37 bits per heavy atom. The largest absolute Gasteiger partial charge is 0.349 e. The van der Waals surface area contributed by atoms with E-state index in [1.165, 1.54) is 17.8 Å². The average Bonchev–Trinajstić information content (AvgIpc) is 3.19. The number of thiophene rings is 1. The molecule has 2 aliphatic rings. The molecule has 4 amide bonds. The van der Waals surface area contributed by atoms with Crippen LogP contribution in [-0.2, 0) is 4.79 Å². The molecule has 0 spiro atoms.